The largest absolute Gasteiger partial charge is 0.369 e. The Balaban J connectivity index is 1.56. The Labute approximate surface area is 148 Å². The van der Waals surface area contributed by atoms with Gasteiger partial charge in [-0.2, -0.15) is 0 Å². The molecule has 3 unspecified atom stereocenters. The Morgan fingerprint density at radius 1 is 1.44 bits per heavy atom. The van der Waals surface area contributed by atoms with Crippen LogP contribution >= 0.6 is 0 Å². The minimum atomic E-state index is -0.231. The summed E-state index contributed by atoms with van der Waals surface area (Å²) in [7, 11) is 2.01. The number of carbonyl (C=O) groups excluding carboxylic acids is 1. The van der Waals surface area contributed by atoms with Crippen molar-refractivity contribution >= 4 is 11.9 Å². The van der Waals surface area contributed by atoms with Gasteiger partial charge in [-0.15, -0.1) is 0 Å². The number of likely N-dealkylation sites (N-methyl/N-ethyl adjacent to an activating group) is 1. The molecule has 1 aliphatic carbocycles. The van der Waals surface area contributed by atoms with Gasteiger partial charge in [-0.25, -0.2) is 4.98 Å². The van der Waals surface area contributed by atoms with Crippen molar-refractivity contribution in [1.29, 1.82) is 0 Å². The monoisotopic (exact) mass is 347 g/mol. The predicted molar refractivity (Wildman–Crippen MR) is 96.8 cm³/mol. The van der Waals surface area contributed by atoms with Gasteiger partial charge in [-0.3, -0.25) is 19.5 Å². The van der Waals surface area contributed by atoms with E-state index in [1.165, 1.54) is 18.9 Å². The molecule has 0 aromatic carbocycles. The number of aromatic nitrogens is 2. The second-order valence-corrected chi connectivity index (χ2v) is 7.73. The fraction of sp³-hybridized carbons (Fsp3) is 0.722. The van der Waals surface area contributed by atoms with E-state index in [4.69, 9.17) is 5.73 Å². The van der Waals surface area contributed by atoms with Crippen LogP contribution in [0.25, 0.3) is 0 Å². The lowest BCUT2D eigenvalue weighted by molar-refractivity contribution is -0.136. The lowest BCUT2D eigenvalue weighted by Gasteiger charge is -2.30. The fourth-order valence-electron chi connectivity index (χ4n) is 4.21. The molecule has 3 N–H and O–H groups in total. The molecule has 138 valence electrons. The summed E-state index contributed by atoms with van der Waals surface area (Å²) in [6.45, 7) is 4.39. The van der Waals surface area contributed by atoms with E-state index in [1.54, 1.807) is 0 Å². The second-order valence-electron chi connectivity index (χ2n) is 7.73. The lowest BCUT2D eigenvalue weighted by Crippen LogP contribution is -2.39. The quantitative estimate of drug-likeness (QED) is 0.854. The van der Waals surface area contributed by atoms with Gasteiger partial charge in [0.25, 0.3) is 5.56 Å². The first kappa shape index (κ1) is 17.9. The molecule has 0 bridgehead atoms. The standard InChI is InChI=1S/C18H29N5O2/c1-12-4-3-5-13(8-12)17(25)23-7-6-15(11-23)22(2)10-14-9-16(24)21-18(19)20-14/h9,12-13,15H,3-8,10-11H2,1-2H3,(H3,19,20,21,24). The third kappa shape index (κ3) is 4.39. The van der Waals surface area contributed by atoms with E-state index < -0.39 is 0 Å². The number of aromatic amines is 1. The van der Waals surface area contributed by atoms with Gasteiger partial charge in [0, 0.05) is 37.7 Å². The third-order valence-electron chi connectivity index (χ3n) is 5.61. The van der Waals surface area contributed by atoms with Crippen LogP contribution in [0.15, 0.2) is 10.9 Å². The summed E-state index contributed by atoms with van der Waals surface area (Å²) in [6, 6.07) is 1.78. The summed E-state index contributed by atoms with van der Waals surface area (Å²) in [4.78, 5) is 35.1. The van der Waals surface area contributed by atoms with Gasteiger partial charge in [-0.05, 0) is 32.2 Å². The van der Waals surface area contributed by atoms with E-state index >= 15 is 0 Å². The molecule has 2 aliphatic rings. The number of hydrogen-bond acceptors (Lipinski definition) is 5. The normalized spacial score (nSPS) is 27.0. The highest BCUT2D eigenvalue weighted by Gasteiger charge is 2.34. The predicted octanol–water partition coefficient (Wildman–Crippen LogP) is 1.21. The number of nitrogens with zero attached hydrogens (tertiary/aromatic N) is 3. The molecule has 0 spiro atoms. The average molecular weight is 347 g/mol. The van der Waals surface area contributed by atoms with Crippen molar-refractivity contribution in [2.45, 2.75) is 51.6 Å². The molecule has 1 saturated carbocycles. The molecule has 1 amide bonds. The summed E-state index contributed by atoms with van der Waals surface area (Å²) in [5.41, 5.74) is 6.04. The first-order valence-electron chi connectivity index (χ1n) is 9.27. The zero-order valence-electron chi connectivity index (χ0n) is 15.2. The molecule has 1 saturated heterocycles. The molecule has 0 radical (unpaired) electrons. The summed E-state index contributed by atoms with van der Waals surface area (Å²) in [5, 5.41) is 0. The topological polar surface area (TPSA) is 95.3 Å². The van der Waals surface area contributed by atoms with Crippen LogP contribution < -0.4 is 11.3 Å². The van der Waals surface area contributed by atoms with E-state index in [2.05, 4.69) is 21.8 Å². The van der Waals surface area contributed by atoms with Crippen LogP contribution in [0.5, 0.6) is 0 Å². The molecule has 7 nitrogen and oxygen atoms in total. The number of anilines is 1. The van der Waals surface area contributed by atoms with Crippen molar-refractivity contribution in [3.05, 3.63) is 22.1 Å². The summed E-state index contributed by atoms with van der Waals surface area (Å²) in [5.74, 6) is 1.35. The molecule has 7 heteroatoms. The SMILES string of the molecule is CC1CCCC(C(=O)N2CCC(N(C)Cc3cc(=O)[nH]c(N)n3)C2)C1. The first-order chi connectivity index (χ1) is 11.9. The van der Waals surface area contributed by atoms with Crippen molar-refractivity contribution in [3.8, 4) is 0 Å². The number of likely N-dealkylation sites (tertiary alicyclic amines) is 1. The first-order valence-corrected chi connectivity index (χ1v) is 9.27. The van der Waals surface area contributed by atoms with Gasteiger partial charge in [0.05, 0.1) is 5.69 Å². The maximum absolute atomic E-state index is 12.8. The maximum atomic E-state index is 12.8. The van der Waals surface area contributed by atoms with Gasteiger partial charge in [-0.1, -0.05) is 19.8 Å². The van der Waals surface area contributed by atoms with E-state index in [1.807, 2.05) is 11.9 Å². The highest BCUT2D eigenvalue weighted by molar-refractivity contribution is 5.79. The fourth-order valence-corrected chi connectivity index (χ4v) is 4.21. The molecule has 2 fully saturated rings. The number of amides is 1. The van der Waals surface area contributed by atoms with Crippen molar-refractivity contribution < 1.29 is 4.79 Å². The third-order valence-corrected chi connectivity index (χ3v) is 5.61. The van der Waals surface area contributed by atoms with Gasteiger partial charge < -0.3 is 10.6 Å². The van der Waals surface area contributed by atoms with Crippen molar-refractivity contribution in [2.75, 3.05) is 25.9 Å². The Morgan fingerprint density at radius 3 is 2.96 bits per heavy atom. The number of nitrogens with two attached hydrogens (primary N) is 1. The zero-order chi connectivity index (χ0) is 18.0. The second kappa shape index (κ2) is 7.56. The molecule has 2 heterocycles. The average Bonchev–Trinajstić information content (AvgIpc) is 3.03. The Bertz CT molecular complexity index is 674. The highest BCUT2D eigenvalue weighted by Crippen LogP contribution is 2.31. The smallest absolute Gasteiger partial charge is 0.252 e. The molecule has 3 rings (SSSR count). The van der Waals surface area contributed by atoms with Crippen molar-refractivity contribution in [2.24, 2.45) is 11.8 Å². The Morgan fingerprint density at radius 2 is 2.24 bits per heavy atom. The van der Waals surface area contributed by atoms with Crippen LogP contribution in [-0.4, -0.2) is 51.9 Å². The number of nitrogens with one attached hydrogen (secondary N) is 1. The van der Waals surface area contributed by atoms with Gasteiger partial charge in [0.1, 0.15) is 0 Å². The van der Waals surface area contributed by atoms with E-state index in [0.29, 0.717) is 30.1 Å². The van der Waals surface area contributed by atoms with Crippen LogP contribution in [0, 0.1) is 11.8 Å². The molecule has 1 aliphatic heterocycles. The van der Waals surface area contributed by atoms with Gasteiger partial charge in [0.2, 0.25) is 11.9 Å². The minimum Gasteiger partial charge on any atom is -0.369 e. The summed E-state index contributed by atoms with van der Waals surface area (Å²) in [6.07, 6.45) is 5.46. The van der Waals surface area contributed by atoms with Crippen LogP contribution in [0.3, 0.4) is 0 Å². The lowest BCUT2D eigenvalue weighted by atomic mass is 9.82. The molecular formula is C18H29N5O2. The number of H-pyrrole nitrogens is 1. The van der Waals surface area contributed by atoms with E-state index in [0.717, 1.165) is 32.4 Å². The molecule has 25 heavy (non-hydrogen) atoms. The van der Waals surface area contributed by atoms with Gasteiger partial charge in [0.15, 0.2) is 0 Å². The number of rotatable bonds is 4. The summed E-state index contributed by atoms with van der Waals surface area (Å²) < 4.78 is 0. The van der Waals surface area contributed by atoms with E-state index in [9.17, 15) is 9.59 Å². The van der Waals surface area contributed by atoms with Crippen LogP contribution in [-0.2, 0) is 11.3 Å². The van der Waals surface area contributed by atoms with Crippen LogP contribution in [0.4, 0.5) is 5.95 Å². The van der Waals surface area contributed by atoms with Crippen molar-refractivity contribution in [3.63, 3.8) is 0 Å². The highest BCUT2D eigenvalue weighted by atomic mass is 16.2. The minimum absolute atomic E-state index is 0.144. The zero-order valence-corrected chi connectivity index (χ0v) is 15.2. The summed E-state index contributed by atoms with van der Waals surface area (Å²) >= 11 is 0. The molecular weight excluding hydrogens is 318 g/mol. The van der Waals surface area contributed by atoms with Crippen molar-refractivity contribution in [1.82, 2.24) is 19.8 Å². The van der Waals surface area contributed by atoms with Gasteiger partial charge >= 0.3 is 0 Å². The van der Waals surface area contributed by atoms with E-state index in [-0.39, 0.29) is 17.4 Å². The number of hydrogen-bond donors (Lipinski definition) is 2. The Hall–Kier alpha value is -1.89. The molecule has 3 atom stereocenters. The molecule has 1 aromatic heterocycles. The van der Waals surface area contributed by atoms with Crippen LogP contribution in [0.1, 0.15) is 44.7 Å². The number of carbonyl (C=O) groups is 1. The number of nitrogen functional groups attached to an aromatic ring is 1. The Kier molecular flexibility index (Phi) is 5.42. The molecule has 1 aromatic rings. The van der Waals surface area contributed by atoms with Crippen LogP contribution in [0.2, 0.25) is 0 Å². The maximum Gasteiger partial charge on any atom is 0.252 e.